The van der Waals surface area contributed by atoms with Gasteiger partial charge in [0.15, 0.2) is 11.6 Å². The van der Waals surface area contributed by atoms with Crippen LogP contribution in [0.2, 0.25) is 0 Å². The Labute approximate surface area is 183 Å². The second-order valence-corrected chi connectivity index (χ2v) is 8.89. The fourth-order valence-corrected chi connectivity index (χ4v) is 5.22. The van der Waals surface area contributed by atoms with Crippen molar-refractivity contribution < 1.29 is 4.79 Å². The summed E-state index contributed by atoms with van der Waals surface area (Å²) in [5, 5.41) is 18.6. The van der Waals surface area contributed by atoms with Gasteiger partial charge in [-0.2, -0.15) is 5.10 Å². The van der Waals surface area contributed by atoms with Crippen LogP contribution in [0.1, 0.15) is 69.0 Å². The van der Waals surface area contributed by atoms with Gasteiger partial charge in [-0.3, -0.25) is 15.2 Å². The summed E-state index contributed by atoms with van der Waals surface area (Å²) in [5.41, 5.74) is 4.82. The first-order valence-corrected chi connectivity index (χ1v) is 11.4. The first-order chi connectivity index (χ1) is 15.1. The highest BCUT2D eigenvalue weighted by molar-refractivity contribution is 6.21. The van der Waals surface area contributed by atoms with E-state index in [0.717, 1.165) is 42.6 Å². The molecule has 2 atom stereocenters. The number of pyridine rings is 1. The SMILES string of the molecule is CC(=O)C1=C(C2CCCCC2)NC2C(c3ccc(C4=CC=CCC4)nc3)C=NN2C1=N. The van der Waals surface area contributed by atoms with E-state index in [1.54, 1.807) is 11.9 Å². The molecule has 6 nitrogen and oxygen atoms in total. The van der Waals surface area contributed by atoms with Crippen molar-refractivity contribution in [3.63, 3.8) is 0 Å². The maximum atomic E-state index is 12.5. The van der Waals surface area contributed by atoms with Crippen LogP contribution in [0.4, 0.5) is 0 Å². The molecular weight excluding hydrogens is 386 g/mol. The predicted molar refractivity (Wildman–Crippen MR) is 123 cm³/mol. The summed E-state index contributed by atoms with van der Waals surface area (Å²) in [6.45, 7) is 1.56. The van der Waals surface area contributed by atoms with Crippen LogP contribution in [-0.2, 0) is 4.79 Å². The number of fused-ring (bicyclic) bond motifs is 1. The molecule has 1 aromatic rings. The first kappa shape index (κ1) is 19.9. The third kappa shape index (κ3) is 3.64. The smallest absolute Gasteiger partial charge is 0.165 e. The van der Waals surface area contributed by atoms with Crippen LogP contribution in [0.3, 0.4) is 0 Å². The van der Waals surface area contributed by atoms with Crippen LogP contribution in [0, 0.1) is 11.3 Å². The van der Waals surface area contributed by atoms with Crippen molar-refractivity contribution in [2.75, 3.05) is 0 Å². The Kier molecular flexibility index (Phi) is 5.30. The van der Waals surface area contributed by atoms with Crippen LogP contribution >= 0.6 is 0 Å². The van der Waals surface area contributed by atoms with Gasteiger partial charge in [0.05, 0.1) is 17.2 Å². The fourth-order valence-electron chi connectivity index (χ4n) is 5.22. The summed E-state index contributed by atoms with van der Waals surface area (Å²) in [4.78, 5) is 17.2. The van der Waals surface area contributed by atoms with Gasteiger partial charge >= 0.3 is 0 Å². The molecule has 0 radical (unpaired) electrons. The number of ketones is 1. The van der Waals surface area contributed by atoms with Gasteiger partial charge in [-0.1, -0.05) is 43.6 Å². The number of carbonyl (C=O) groups excluding carboxylic acids is 1. The number of hydrogen-bond acceptors (Lipinski definition) is 5. The monoisotopic (exact) mass is 415 g/mol. The van der Waals surface area contributed by atoms with Crippen molar-refractivity contribution in [3.8, 4) is 0 Å². The Morgan fingerprint density at radius 1 is 1.23 bits per heavy atom. The van der Waals surface area contributed by atoms with E-state index in [9.17, 15) is 4.79 Å². The number of Topliss-reactive ketones (excluding diaryl/α,β-unsaturated/α-hetero) is 1. The van der Waals surface area contributed by atoms with Crippen molar-refractivity contribution in [1.29, 1.82) is 5.41 Å². The Balaban J connectivity index is 1.43. The lowest BCUT2D eigenvalue weighted by Crippen LogP contribution is -2.53. The maximum Gasteiger partial charge on any atom is 0.165 e. The Morgan fingerprint density at radius 2 is 2.06 bits per heavy atom. The average molecular weight is 416 g/mol. The van der Waals surface area contributed by atoms with Crippen LogP contribution < -0.4 is 5.32 Å². The topological polar surface area (TPSA) is 81.4 Å². The number of aromatic nitrogens is 1. The molecule has 2 aliphatic heterocycles. The zero-order chi connectivity index (χ0) is 21.4. The van der Waals surface area contributed by atoms with Crippen molar-refractivity contribution in [2.24, 2.45) is 11.0 Å². The minimum absolute atomic E-state index is 0.0192. The van der Waals surface area contributed by atoms with Crippen molar-refractivity contribution in [3.05, 3.63) is 59.1 Å². The standard InChI is InChI=1S/C25H29N5O/c1-16(31)22-23(18-10-6-3-7-11-18)29-25-20(15-28-30(25)24(22)26)19-12-13-21(27-14-19)17-8-4-2-5-9-17/h2,4,8,12-15,18,20,25-26,29H,3,5-7,9-11H2,1H3. The highest BCUT2D eigenvalue weighted by atomic mass is 16.1. The van der Waals surface area contributed by atoms with Gasteiger partial charge in [0.25, 0.3) is 0 Å². The Bertz CT molecular complexity index is 1010. The number of carbonyl (C=O) groups is 1. The molecular formula is C25H29N5O. The molecule has 31 heavy (non-hydrogen) atoms. The Morgan fingerprint density at radius 3 is 2.74 bits per heavy atom. The van der Waals surface area contributed by atoms with Crippen LogP contribution in [0.15, 0.2) is 52.9 Å². The summed E-state index contributed by atoms with van der Waals surface area (Å²) < 4.78 is 0. The molecule has 3 heterocycles. The fraction of sp³-hybridized carbons (Fsp3) is 0.440. The zero-order valence-corrected chi connectivity index (χ0v) is 18.0. The van der Waals surface area contributed by atoms with Gasteiger partial charge in [-0.15, -0.1) is 0 Å². The molecule has 0 amide bonds. The van der Waals surface area contributed by atoms with E-state index in [0.29, 0.717) is 11.5 Å². The normalized spacial score (nSPS) is 26.0. The van der Waals surface area contributed by atoms with Crippen LogP contribution in [0.25, 0.3) is 5.57 Å². The number of hydrogen-bond donors (Lipinski definition) is 2. The molecule has 2 N–H and O–H groups in total. The van der Waals surface area contributed by atoms with Gasteiger partial charge in [0, 0.05) is 18.1 Å². The van der Waals surface area contributed by atoms with Gasteiger partial charge in [0.1, 0.15) is 6.17 Å². The summed E-state index contributed by atoms with van der Waals surface area (Å²) in [5.74, 6) is 0.465. The number of amidine groups is 1. The lowest BCUT2D eigenvalue weighted by atomic mass is 9.82. The van der Waals surface area contributed by atoms with Gasteiger partial charge in [-0.05, 0) is 55.7 Å². The maximum absolute atomic E-state index is 12.5. The van der Waals surface area contributed by atoms with Crippen molar-refractivity contribution >= 4 is 23.4 Å². The average Bonchev–Trinajstić information content (AvgIpc) is 3.24. The molecule has 5 rings (SSSR count). The molecule has 2 aliphatic carbocycles. The molecule has 1 saturated carbocycles. The molecule has 0 saturated heterocycles. The lowest BCUT2D eigenvalue weighted by molar-refractivity contribution is -0.113. The molecule has 0 spiro atoms. The van der Waals surface area contributed by atoms with E-state index < -0.39 is 0 Å². The molecule has 160 valence electrons. The van der Waals surface area contributed by atoms with Crippen molar-refractivity contribution in [1.82, 2.24) is 15.3 Å². The second-order valence-electron chi connectivity index (χ2n) is 8.89. The first-order valence-electron chi connectivity index (χ1n) is 11.4. The van der Waals surface area contributed by atoms with E-state index in [-0.39, 0.29) is 23.7 Å². The molecule has 1 aromatic heterocycles. The third-order valence-corrected chi connectivity index (χ3v) is 6.87. The summed E-state index contributed by atoms with van der Waals surface area (Å²) in [6.07, 6.45) is 17.9. The minimum Gasteiger partial charge on any atom is -0.365 e. The largest absolute Gasteiger partial charge is 0.365 e. The zero-order valence-electron chi connectivity index (χ0n) is 18.0. The quantitative estimate of drug-likeness (QED) is 0.757. The Hall–Kier alpha value is -3.02. The highest BCUT2D eigenvalue weighted by Gasteiger charge is 2.43. The number of nitrogens with one attached hydrogen (secondary N) is 2. The van der Waals surface area contributed by atoms with Gasteiger partial charge in [0.2, 0.25) is 0 Å². The van der Waals surface area contributed by atoms with Crippen molar-refractivity contribution in [2.45, 2.75) is 64.0 Å². The molecule has 1 fully saturated rings. The van der Waals surface area contributed by atoms with E-state index in [4.69, 9.17) is 10.4 Å². The summed E-state index contributed by atoms with van der Waals surface area (Å²) in [7, 11) is 0. The van der Waals surface area contributed by atoms with Crippen LogP contribution in [0.5, 0.6) is 0 Å². The van der Waals surface area contributed by atoms with E-state index in [2.05, 4.69) is 40.8 Å². The number of hydrazone groups is 1. The summed E-state index contributed by atoms with van der Waals surface area (Å²) >= 11 is 0. The minimum atomic E-state index is -0.183. The third-order valence-electron chi connectivity index (χ3n) is 6.87. The van der Waals surface area contributed by atoms with Gasteiger partial charge in [-0.25, -0.2) is 5.01 Å². The van der Waals surface area contributed by atoms with E-state index in [1.165, 1.54) is 24.8 Å². The molecule has 0 aromatic carbocycles. The summed E-state index contributed by atoms with van der Waals surface area (Å²) in [6, 6.07) is 4.21. The van der Waals surface area contributed by atoms with E-state index >= 15 is 0 Å². The molecule has 2 unspecified atom stereocenters. The number of allylic oxidation sites excluding steroid dienone is 5. The molecule has 0 bridgehead atoms. The lowest BCUT2D eigenvalue weighted by Gasteiger charge is -2.39. The predicted octanol–water partition coefficient (Wildman–Crippen LogP) is 4.53. The highest BCUT2D eigenvalue weighted by Crippen LogP contribution is 2.37. The molecule has 6 heteroatoms. The second kappa shape index (κ2) is 8.25. The van der Waals surface area contributed by atoms with Crippen LogP contribution in [-0.4, -0.2) is 34.0 Å². The number of nitrogens with zero attached hydrogens (tertiary/aromatic N) is 3. The van der Waals surface area contributed by atoms with E-state index in [1.807, 2.05) is 12.4 Å². The number of rotatable bonds is 4. The molecule has 4 aliphatic rings. The van der Waals surface area contributed by atoms with Gasteiger partial charge < -0.3 is 5.32 Å².